The van der Waals surface area contributed by atoms with Crippen LogP contribution in [0.4, 0.5) is 0 Å². The number of hydrogen-bond acceptors (Lipinski definition) is 3. The molecule has 0 saturated heterocycles. The fourth-order valence-corrected chi connectivity index (χ4v) is 2.70. The van der Waals surface area contributed by atoms with Crippen LogP contribution in [0.25, 0.3) is 10.2 Å². The number of aromatic nitrogens is 1. The Morgan fingerprint density at radius 2 is 2.12 bits per heavy atom. The highest BCUT2D eigenvalue weighted by molar-refractivity contribution is 7.18. The molecule has 0 unspecified atom stereocenters. The Bertz CT molecular complexity index is 403. The Morgan fingerprint density at radius 3 is 2.94 bits per heavy atom. The Labute approximate surface area is 101 Å². The van der Waals surface area contributed by atoms with Gasteiger partial charge in [-0.15, -0.1) is 11.3 Å². The van der Waals surface area contributed by atoms with Crippen molar-refractivity contribution in [3.63, 3.8) is 0 Å². The van der Waals surface area contributed by atoms with E-state index in [1.807, 2.05) is 11.3 Å². The largest absolute Gasteiger partial charge is 0.317 e. The van der Waals surface area contributed by atoms with Gasteiger partial charge in [0, 0.05) is 6.42 Å². The van der Waals surface area contributed by atoms with Gasteiger partial charge in [-0.2, -0.15) is 0 Å². The molecule has 1 aromatic heterocycles. The number of thiazole rings is 1. The average molecular weight is 234 g/mol. The molecule has 1 aromatic carbocycles. The molecule has 2 rings (SSSR count). The minimum atomic E-state index is 1.09. The van der Waals surface area contributed by atoms with Gasteiger partial charge in [-0.1, -0.05) is 19.1 Å². The maximum Gasteiger partial charge on any atom is 0.0939 e. The van der Waals surface area contributed by atoms with Crippen LogP contribution in [0.15, 0.2) is 24.3 Å². The van der Waals surface area contributed by atoms with Gasteiger partial charge in [0.05, 0.1) is 15.2 Å². The van der Waals surface area contributed by atoms with Crippen LogP contribution in [0.5, 0.6) is 0 Å². The van der Waals surface area contributed by atoms with E-state index in [2.05, 4.69) is 41.5 Å². The molecule has 0 aliphatic rings. The third kappa shape index (κ3) is 3.03. The number of nitrogens with zero attached hydrogens (tertiary/aromatic N) is 1. The van der Waals surface area contributed by atoms with Crippen molar-refractivity contribution in [1.82, 2.24) is 10.3 Å². The molecular formula is C13H18N2S. The minimum absolute atomic E-state index is 1.09. The smallest absolute Gasteiger partial charge is 0.0939 e. The topological polar surface area (TPSA) is 24.9 Å². The number of fused-ring (bicyclic) bond motifs is 1. The Balaban J connectivity index is 1.85. The first-order chi connectivity index (χ1) is 7.90. The van der Waals surface area contributed by atoms with Gasteiger partial charge in [-0.05, 0) is 38.1 Å². The lowest BCUT2D eigenvalue weighted by Crippen LogP contribution is -2.16. The number of para-hydroxylation sites is 1. The molecule has 0 saturated carbocycles. The zero-order valence-corrected chi connectivity index (χ0v) is 10.5. The van der Waals surface area contributed by atoms with Gasteiger partial charge in [-0.25, -0.2) is 4.98 Å². The molecule has 0 atom stereocenters. The van der Waals surface area contributed by atoms with E-state index < -0.39 is 0 Å². The van der Waals surface area contributed by atoms with Crippen molar-refractivity contribution in [2.24, 2.45) is 0 Å². The predicted octanol–water partition coefficient (Wildman–Crippen LogP) is 3.23. The third-order valence-corrected chi connectivity index (χ3v) is 3.61. The van der Waals surface area contributed by atoms with Crippen molar-refractivity contribution in [3.8, 4) is 0 Å². The highest BCUT2D eigenvalue weighted by Gasteiger charge is 2.01. The molecule has 0 fully saturated rings. The zero-order valence-electron chi connectivity index (χ0n) is 9.70. The number of hydrogen-bond donors (Lipinski definition) is 1. The van der Waals surface area contributed by atoms with Gasteiger partial charge in [-0.3, -0.25) is 0 Å². The number of benzene rings is 1. The molecule has 0 aliphatic heterocycles. The van der Waals surface area contributed by atoms with Crippen LogP contribution in [-0.4, -0.2) is 18.1 Å². The fourth-order valence-electron chi connectivity index (χ4n) is 1.69. The second-order valence-corrected chi connectivity index (χ2v) is 5.04. The van der Waals surface area contributed by atoms with E-state index >= 15 is 0 Å². The van der Waals surface area contributed by atoms with Crippen molar-refractivity contribution in [2.75, 3.05) is 13.1 Å². The van der Waals surface area contributed by atoms with Gasteiger partial charge >= 0.3 is 0 Å². The first-order valence-electron chi connectivity index (χ1n) is 5.95. The Kier molecular flexibility index (Phi) is 4.31. The second kappa shape index (κ2) is 5.97. The Morgan fingerprint density at radius 1 is 1.25 bits per heavy atom. The van der Waals surface area contributed by atoms with Gasteiger partial charge in [0.15, 0.2) is 0 Å². The first kappa shape index (κ1) is 11.6. The molecule has 0 radical (unpaired) electrons. The summed E-state index contributed by atoms with van der Waals surface area (Å²) in [6.07, 6.45) is 3.48. The molecule has 0 aliphatic carbocycles. The summed E-state index contributed by atoms with van der Waals surface area (Å²) >= 11 is 1.82. The Hall–Kier alpha value is -0.930. The van der Waals surface area contributed by atoms with Crippen LogP contribution < -0.4 is 5.32 Å². The van der Waals surface area contributed by atoms with Crippen molar-refractivity contribution < 1.29 is 0 Å². The lowest BCUT2D eigenvalue weighted by atomic mass is 10.3. The maximum atomic E-state index is 4.62. The number of rotatable bonds is 6. The quantitative estimate of drug-likeness (QED) is 0.776. The molecule has 0 spiro atoms. The van der Waals surface area contributed by atoms with Crippen LogP contribution in [0.3, 0.4) is 0 Å². The summed E-state index contributed by atoms with van der Waals surface area (Å²) in [7, 11) is 0. The van der Waals surface area contributed by atoms with E-state index in [9.17, 15) is 0 Å². The molecule has 1 N–H and O–H groups in total. The van der Waals surface area contributed by atoms with E-state index in [1.165, 1.54) is 22.5 Å². The standard InChI is InChI=1S/C13H18N2S/c1-2-9-14-10-5-8-13-15-11-6-3-4-7-12(11)16-13/h3-4,6-7,14H,2,5,8-10H2,1H3. The van der Waals surface area contributed by atoms with E-state index in [0.717, 1.165) is 25.0 Å². The van der Waals surface area contributed by atoms with E-state index in [4.69, 9.17) is 0 Å². The van der Waals surface area contributed by atoms with Crippen molar-refractivity contribution >= 4 is 21.6 Å². The van der Waals surface area contributed by atoms with Gasteiger partial charge < -0.3 is 5.32 Å². The summed E-state index contributed by atoms with van der Waals surface area (Å²) in [5.74, 6) is 0. The van der Waals surface area contributed by atoms with Gasteiger partial charge in [0.25, 0.3) is 0 Å². The van der Waals surface area contributed by atoms with Crippen molar-refractivity contribution in [1.29, 1.82) is 0 Å². The summed E-state index contributed by atoms with van der Waals surface area (Å²) in [4.78, 5) is 4.62. The van der Waals surface area contributed by atoms with Crippen molar-refractivity contribution in [3.05, 3.63) is 29.3 Å². The number of nitrogens with one attached hydrogen (secondary N) is 1. The van der Waals surface area contributed by atoms with E-state index in [-0.39, 0.29) is 0 Å². The molecule has 16 heavy (non-hydrogen) atoms. The number of aryl methyl sites for hydroxylation is 1. The van der Waals surface area contributed by atoms with Gasteiger partial charge in [0.1, 0.15) is 0 Å². The molecule has 86 valence electrons. The molecule has 0 bridgehead atoms. The molecule has 3 heteroatoms. The lowest BCUT2D eigenvalue weighted by Gasteiger charge is -2.00. The molecule has 1 heterocycles. The zero-order chi connectivity index (χ0) is 11.2. The normalized spacial score (nSPS) is 11.1. The van der Waals surface area contributed by atoms with Crippen LogP contribution in [0, 0.1) is 0 Å². The first-order valence-corrected chi connectivity index (χ1v) is 6.77. The van der Waals surface area contributed by atoms with Crippen LogP contribution in [0.2, 0.25) is 0 Å². The highest BCUT2D eigenvalue weighted by Crippen LogP contribution is 2.22. The fraction of sp³-hybridized carbons (Fsp3) is 0.462. The summed E-state index contributed by atoms with van der Waals surface area (Å²) in [5, 5.41) is 4.68. The van der Waals surface area contributed by atoms with Crippen LogP contribution in [-0.2, 0) is 6.42 Å². The van der Waals surface area contributed by atoms with Gasteiger partial charge in [0.2, 0.25) is 0 Å². The third-order valence-electron chi connectivity index (χ3n) is 2.51. The van der Waals surface area contributed by atoms with E-state index in [1.54, 1.807) is 0 Å². The molecule has 2 aromatic rings. The minimum Gasteiger partial charge on any atom is -0.317 e. The summed E-state index contributed by atoms with van der Waals surface area (Å²) < 4.78 is 1.30. The molecular weight excluding hydrogens is 216 g/mol. The average Bonchev–Trinajstić information content (AvgIpc) is 2.71. The predicted molar refractivity (Wildman–Crippen MR) is 71.1 cm³/mol. The summed E-state index contributed by atoms with van der Waals surface area (Å²) in [5.41, 5.74) is 1.14. The maximum absolute atomic E-state index is 4.62. The van der Waals surface area contributed by atoms with Crippen molar-refractivity contribution in [2.45, 2.75) is 26.2 Å². The molecule has 0 amide bonds. The van der Waals surface area contributed by atoms with E-state index in [0.29, 0.717) is 0 Å². The lowest BCUT2D eigenvalue weighted by molar-refractivity contribution is 0.639. The summed E-state index contributed by atoms with van der Waals surface area (Å²) in [6, 6.07) is 8.36. The SMILES string of the molecule is CCCNCCCc1nc2ccccc2s1. The van der Waals surface area contributed by atoms with Crippen LogP contribution >= 0.6 is 11.3 Å². The second-order valence-electron chi connectivity index (χ2n) is 3.93. The molecule has 2 nitrogen and oxygen atoms in total. The van der Waals surface area contributed by atoms with Crippen LogP contribution in [0.1, 0.15) is 24.8 Å². The highest BCUT2D eigenvalue weighted by atomic mass is 32.1. The monoisotopic (exact) mass is 234 g/mol. The summed E-state index contributed by atoms with van der Waals surface area (Å²) in [6.45, 7) is 4.42.